The third-order valence-corrected chi connectivity index (χ3v) is 6.09. The summed E-state index contributed by atoms with van der Waals surface area (Å²) < 4.78 is 11.6. The average molecular weight is 410 g/mol. The number of carbonyl (C=O) groups is 2. The maximum Gasteiger partial charge on any atom is 0.282 e. The first-order valence-electron chi connectivity index (χ1n) is 10.7. The van der Waals surface area contributed by atoms with Gasteiger partial charge in [-0.15, -0.1) is 0 Å². The van der Waals surface area contributed by atoms with Crippen molar-refractivity contribution >= 4 is 17.4 Å². The Bertz CT molecular complexity index is 925. The fourth-order valence-corrected chi connectivity index (χ4v) is 4.37. The summed E-state index contributed by atoms with van der Waals surface area (Å²) in [7, 11) is 0. The molecule has 3 atom stereocenters. The van der Waals surface area contributed by atoms with Crippen LogP contribution in [0.2, 0.25) is 0 Å². The van der Waals surface area contributed by atoms with Gasteiger partial charge in [0.1, 0.15) is 6.04 Å². The molecule has 2 aliphatic rings. The van der Waals surface area contributed by atoms with Crippen molar-refractivity contribution in [1.29, 1.82) is 0 Å². The van der Waals surface area contributed by atoms with E-state index in [0.717, 1.165) is 37.3 Å². The van der Waals surface area contributed by atoms with Gasteiger partial charge in [0.25, 0.3) is 5.91 Å². The van der Waals surface area contributed by atoms with Crippen LogP contribution in [0, 0.1) is 0 Å². The third kappa shape index (κ3) is 4.33. The number of hydrogen-bond donors (Lipinski definition) is 2. The molecule has 0 spiro atoms. The maximum atomic E-state index is 12.9. The summed E-state index contributed by atoms with van der Waals surface area (Å²) in [4.78, 5) is 25.6. The number of benzene rings is 2. The van der Waals surface area contributed by atoms with Crippen molar-refractivity contribution in [2.75, 3.05) is 25.1 Å². The number of carbonyl (C=O) groups excluding carboxylic acids is 2. The zero-order valence-corrected chi connectivity index (χ0v) is 17.6. The minimum absolute atomic E-state index is 0.0122. The summed E-state index contributed by atoms with van der Waals surface area (Å²) in [5.41, 5.74) is 2.54. The number of anilines is 1. The molecule has 158 valence electrons. The zero-order valence-electron chi connectivity index (χ0n) is 17.6. The van der Waals surface area contributed by atoms with E-state index in [-0.39, 0.29) is 23.8 Å². The second kappa shape index (κ2) is 8.88. The molecular formula is C24H29N2O4+. The molecule has 1 fully saturated rings. The number of nitrogens with one attached hydrogen (secondary N) is 2. The number of ether oxygens (including phenoxy) is 2. The van der Waals surface area contributed by atoms with E-state index in [0.29, 0.717) is 24.5 Å². The summed E-state index contributed by atoms with van der Waals surface area (Å²) in [6.07, 6.45) is 3.01. The maximum absolute atomic E-state index is 12.9. The highest BCUT2D eigenvalue weighted by atomic mass is 16.5. The van der Waals surface area contributed by atoms with Crippen LogP contribution in [0.25, 0.3) is 0 Å². The van der Waals surface area contributed by atoms with Gasteiger partial charge < -0.3 is 19.7 Å². The van der Waals surface area contributed by atoms with E-state index in [4.69, 9.17) is 9.47 Å². The van der Waals surface area contributed by atoms with Gasteiger partial charge in [-0.3, -0.25) is 9.59 Å². The van der Waals surface area contributed by atoms with Gasteiger partial charge in [0.15, 0.2) is 23.3 Å². The molecule has 0 aromatic heterocycles. The Morgan fingerprint density at radius 1 is 1.03 bits per heavy atom. The number of hydrogen-bond acceptors (Lipinski definition) is 4. The van der Waals surface area contributed by atoms with Crippen LogP contribution in [0.4, 0.5) is 5.69 Å². The largest absolute Gasteiger partial charge is 0.490 e. The molecular weight excluding hydrogens is 380 g/mol. The summed E-state index contributed by atoms with van der Waals surface area (Å²) in [5.74, 6) is 1.61. The van der Waals surface area contributed by atoms with Crippen LogP contribution in [-0.2, 0) is 4.79 Å². The molecule has 2 aromatic carbocycles. The Kier molecular flexibility index (Phi) is 6.04. The Balaban J connectivity index is 1.46. The van der Waals surface area contributed by atoms with Gasteiger partial charge >= 0.3 is 0 Å². The number of fused-ring (bicyclic) bond motifs is 1. The van der Waals surface area contributed by atoms with Crippen molar-refractivity contribution in [2.24, 2.45) is 0 Å². The molecule has 2 aliphatic heterocycles. The average Bonchev–Trinajstić information content (AvgIpc) is 3.12. The topological polar surface area (TPSA) is 69.1 Å². The molecule has 2 heterocycles. The second-order valence-corrected chi connectivity index (χ2v) is 8.12. The van der Waals surface area contributed by atoms with E-state index in [1.807, 2.05) is 13.0 Å². The number of ketones is 1. The lowest BCUT2D eigenvalue weighted by atomic mass is 10.0. The predicted octanol–water partition coefficient (Wildman–Crippen LogP) is 2.80. The van der Waals surface area contributed by atoms with E-state index in [2.05, 4.69) is 17.4 Å². The van der Waals surface area contributed by atoms with Gasteiger partial charge in [0, 0.05) is 36.1 Å². The van der Waals surface area contributed by atoms with Crippen molar-refractivity contribution in [3.05, 3.63) is 53.6 Å². The smallest absolute Gasteiger partial charge is 0.282 e. The first-order chi connectivity index (χ1) is 14.5. The molecule has 6 nitrogen and oxygen atoms in total. The zero-order chi connectivity index (χ0) is 21.1. The van der Waals surface area contributed by atoms with Crippen LogP contribution >= 0.6 is 0 Å². The Hall–Kier alpha value is -2.86. The lowest BCUT2D eigenvalue weighted by Crippen LogP contribution is -3.15. The first kappa shape index (κ1) is 20.4. The van der Waals surface area contributed by atoms with E-state index < -0.39 is 0 Å². The highest BCUT2D eigenvalue weighted by molar-refractivity contribution is 5.96. The fourth-order valence-electron chi connectivity index (χ4n) is 4.37. The predicted molar refractivity (Wildman–Crippen MR) is 114 cm³/mol. The Morgan fingerprint density at radius 3 is 2.50 bits per heavy atom. The van der Waals surface area contributed by atoms with Gasteiger partial charge in [-0.1, -0.05) is 0 Å². The SMILES string of the molecule is CC(=O)c1ccc(NC(=O)[C@H](C)[NH+]2CCC[C@@H]2c2ccc3c(c2)OCCCO3)cc1. The molecule has 0 radical (unpaired) electrons. The van der Waals surface area contributed by atoms with Gasteiger partial charge in [0.05, 0.1) is 19.8 Å². The van der Waals surface area contributed by atoms with Gasteiger partial charge in [-0.05, 0) is 56.3 Å². The molecule has 1 unspecified atom stereocenters. The van der Waals surface area contributed by atoms with Gasteiger partial charge in [-0.2, -0.15) is 0 Å². The molecule has 1 saturated heterocycles. The number of rotatable bonds is 5. The summed E-state index contributed by atoms with van der Waals surface area (Å²) in [5, 5.41) is 3.00. The van der Waals surface area contributed by atoms with Crippen molar-refractivity contribution in [3.8, 4) is 11.5 Å². The van der Waals surface area contributed by atoms with Crippen molar-refractivity contribution in [3.63, 3.8) is 0 Å². The van der Waals surface area contributed by atoms with Crippen molar-refractivity contribution < 1.29 is 24.0 Å². The first-order valence-corrected chi connectivity index (χ1v) is 10.7. The molecule has 4 rings (SSSR count). The van der Waals surface area contributed by atoms with Crippen molar-refractivity contribution in [2.45, 2.75) is 45.2 Å². The standard InChI is InChI=1S/C24H28N2O4/c1-16(24(28)25-20-9-6-18(7-10-20)17(2)27)26-12-3-5-21(26)19-8-11-22-23(15-19)30-14-4-13-29-22/h6-11,15-16,21H,3-5,12-14H2,1-2H3,(H,25,28)/p+1/t16-,21+/m0/s1. The van der Waals surface area contributed by atoms with E-state index in [9.17, 15) is 9.59 Å². The van der Waals surface area contributed by atoms with Crippen LogP contribution in [-0.4, -0.2) is 37.5 Å². The van der Waals surface area contributed by atoms with E-state index >= 15 is 0 Å². The minimum atomic E-state index is -0.194. The minimum Gasteiger partial charge on any atom is -0.490 e. The van der Waals surface area contributed by atoms with Crippen LogP contribution in [0.1, 0.15) is 55.1 Å². The number of Topliss-reactive ketones (excluding diaryl/α,β-unsaturated/α-hetero) is 1. The van der Waals surface area contributed by atoms with E-state index in [1.54, 1.807) is 24.3 Å². The van der Waals surface area contributed by atoms with Gasteiger partial charge in [-0.25, -0.2) is 0 Å². The molecule has 0 bridgehead atoms. The number of quaternary nitrogens is 1. The normalized spacial score (nSPS) is 21.5. The third-order valence-electron chi connectivity index (χ3n) is 6.09. The van der Waals surface area contributed by atoms with Crippen LogP contribution < -0.4 is 19.7 Å². The van der Waals surface area contributed by atoms with Crippen molar-refractivity contribution in [1.82, 2.24) is 0 Å². The lowest BCUT2D eigenvalue weighted by Gasteiger charge is -2.27. The highest BCUT2D eigenvalue weighted by Gasteiger charge is 2.37. The monoisotopic (exact) mass is 409 g/mol. The van der Waals surface area contributed by atoms with E-state index in [1.165, 1.54) is 17.4 Å². The van der Waals surface area contributed by atoms with Gasteiger partial charge in [0.2, 0.25) is 0 Å². The molecule has 1 amide bonds. The summed E-state index contributed by atoms with van der Waals surface area (Å²) in [6.45, 7) is 5.82. The molecule has 6 heteroatoms. The highest BCUT2D eigenvalue weighted by Crippen LogP contribution is 2.33. The van der Waals surface area contributed by atoms with Crippen LogP contribution in [0.15, 0.2) is 42.5 Å². The summed E-state index contributed by atoms with van der Waals surface area (Å²) >= 11 is 0. The van der Waals surface area contributed by atoms with Crippen LogP contribution in [0.5, 0.6) is 11.5 Å². The Morgan fingerprint density at radius 2 is 1.77 bits per heavy atom. The molecule has 2 aromatic rings. The lowest BCUT2D eigenvalue weighted by molar-refractivity contribution is -0.932. The quantitative estimate of drug-likeness (QED) is 0.745. The fraction of sp³-hybridized carbons (Fsp3) is 0.417. The molecule has 0 aliphatic carbocycles. The molecule has 0 saturated carbocycles. The van der Waals surface area contributed by atoms with Crippen LogP contribution in [0.3, 0.4) is 0 Å². The second-order valence-electron chi connectivity index (χ2n) is 8.12. The molecule has 2 N–H and O–H groups in total. The number of likely N-dealkylation sites (tertiary alicyclic amines) is 1. The molecule has 30 heavy (non-hydrogen) atoms. The Labute approximate surface area is 177 Å². The summed E-state index contributed by atoms with van der Waals surface area (Å²) in [6, 6.07) is 13.3. The number of amides is 1.